The number of rotatable bonds is 3. The Morgan fingerprint density at radius 3 is 2.59 bits per heavy atom. The molecule has 2 nitrogen and oxygen atoms in total. The van der Waals surface area contributed by atoms with Crippen molar-refractivity contribution in [2.24, 2.45) is 0 Å². The second-order valence-electron chi connectivity index (χ2n) is 4.35. The predicted molar refractivity (Wildman–Crippen MR) is 70.6 cm³/mol. The summed E-state index contributed by atoms with van der Waals surface area (Å²) in [7, 11) is -1.09. The quantitative estimate of drug-likeness (QED) is 0.846. The highest BCUT2D eigenvalue weighted by Gasteiger charge is 2.27. The third-order valence-electron chi connectivity index (χ3n) is 3.04. The van der Waals surface area contributed by atoms with E-state index in [2.05, 4.69) is 0 Å². The molecule has 0 spiro atoms. The zero-order chi connectivity index (χ0) is 12.3. The number of carbonyl (C=O) groups excluding carboxylic acids is 1. The van der Waals surface area contributed by atoms with Crippen LogP contribution in [0.25, 0.3) is 0 Å². The van der Waals surface area contributed by atoms with Crippen LogP contribution in [0.2, 0.25) is 5.02 Å². The molecule has 1 aromatic rings. The Morgan fingerprint density at radius 1 is 1.24 bits per heavy atom. The maximum Gasteiger partial charge on any atom is 0.148 e. The van der Waals surface area contributed by atoms with Gasteiger partial charge in [0.25, 0.3) is 0 Å². The molecule has 1 saturated carbocycles. The summed E-state index contributed by atoms with van der Waals surface area (Å²) in [5.74, 6) is 0.622. The van der Waals surface area contributed by atoms with Crippen LogP contribution in [-0.4, -0.2) is 15.2 Å². The number of ketones is 1. The summed E-state index contributed by atoms with van der Waals surface area (Å²) < 4.78 is 12.1. The van der Waals surface area contributed by atoms with Gasteiger partial charge in [0, 0.05) is 28.0 Å². The molecule has 4 heteroatoms. The van der Waals surface area contributed by atoms with E-state index in [9.17, 15) is 9.00 Å². The summed E-state index contributed by atoms with van der Waals surface area (Å²) in [6.45, 7) is 0. The lowest BCUT2D eigenvalue weighted by Crippen LogP contribution is -2.29. The molecule has 2 unspecified atom stereocenters. The average molecular weight is 271 g/mol. The molecule has 1 aromatic carbocycles. The Bertz CT molecular complexity index is 428. The number of carbonyl (C=O) groups is 1. The van der Waals surface area contributed by atoms with Crippen LogP contribution in [-0.2, 0) is 21.3 Å². The summed E-state index contributed by atoms with van der Waals surface area (Å²) in [6.07, 6.45) is 3.34. The van der Waals surface area contributed by atoms with E-state index in [1.165, 1.54) is 0 Å². The van der Waals surface area contributed by atoms with E-state index in [0.717, 1.165) is 24.8 Å². The van der Waals surface area contributed by atoms with Gasteiger partial charge < -0.3 is 0 Å². The van der Waals surface area contributed by atoms with E-state index in [1.807, 2.05) is 12.1 Å². The zero-order valence-corrected chi connectivity index (χ0v) is 11.1. The second-order valence-corrected chi connectivity index (χ2v) is 6.41. The summed E-state index contributed by atoms with van der Waals surface area (Å²) in [6, 6.07) is 7.31. The molecule has 2 rings (SSSR count). The number of hydrogen-bond donors (Lipinski definition) is 0. The van der Waals surface area contributed by atoms with Crippen LogP contribution in [0.3, 0.4) is 0 Å². The number of hydrogen-bond acceptors (Lipinski definition) is 2. The van der Waals surface area contributed by atoms with Crippen LogP contribution in [0.15, 0.2) is 24.3 Å². The highest BCUT2D eigenvalue weighted by molar-refractivity contribution is 7.85. The highest BCUT2D eigenvalue weighted by Crippen LogP contribution is 2.21. The lowest BCUT2D eigenvalue weighted by atomic mass is 9.99. The fourth-order valence-corrected chi connectivity index (χ4v) is 3.76. The molecule has 17 heavy (non-hydrogen) atoms. The molecule has 0 aromatic heterocycles. The summed E-state index contributed by atoms with van der Waals surface area (Å²) in [4.78, 5) is 11.7. The Hall–Kier alpha value is -0.670. The van der Waals surface area contributed by atoms with Gasteiger partial charge in [0.1, 0.15) is 5.78 Å². The van der Waals surface area contributed by atoms with E-state index in [4.69, 9.17) is 11.6 Å². The first-order valence-corrected chi connectivity index (χ1v) is 7.57. The van der Waals surface area contributed by atoms with Gasteiger partial charge in [-0.3, -0.25) is 9.00 Å². The molecule has 1 aliphatic carbocycles. The first-order valence-electron chi connectivity index (χ1n) is 5.81. The third-order valence-corrected chi connectivity index (χ3v) is 5.04. The van der Waals surface area contributed by atoms with Crippen molar-refractivity contribution in [3.8, 4) is 0 Å². The van der Waals surface area contributed by atoms with Crippen molar-refractivity contribution in [1.29, 1.82) is 0 Å². The first kappa shape index (κ1) is 12.8. The monoisotopic (exact) mass is 270 g/mol. The van der Waals surface area contributed by atoms with Crippen molar-refractivity contribution in [3.63, 3.8) is 0 Å². The molecule has 1 aliphatic rings. The standard InChI is InChI=1S/C13H15ClO2S/c14-11-7-5-10(6-8-11)9-17(16)13-4-2-1-3-12(13)15/h5-8,13H,1-4,9H2. The molecule has 0 heterocycles. The molecule has 0 bridgehead atoms. The average Bonchev–Trinajstić information content (AvgIpc) is 2.32. The van der Waals surface area contributed by atoms with E-state index in [1.54, 1.807) is 12.1 Å². The fraction of sp³-hybridized carbons (Fsp3) is 0.462. The minimum absolute atomic E-state index is 0.170. The Kier molecular flexibility index (Phi) is 4.35. The van der Waals surface area contributed by atoms with Crippen molar-refractivity contribution in [1.82, 2.24) is 0 Å². The van der Waals surface area contributed by atoms with Crippen LogP contribution in [0, 0.1) is 0 Å². The maximum absolute atomic E-state index is 12.1. The van der Waals surface area contributed by atoms with Crippen LogP contribution in [0.5, 0.6) is 0 Å². The summed E-state index contributed by atoms with van der Waals surface area (Å²) in [5, 5.41) is 0.424. The number of Topliss-reactive ketones (excluding diaryl/α,β-unsaturated/α-hetero) is 1. The lowest BCUT2D eigenvalue weighted by molar-refractivity contribution is -0.119. The van der Waals surface area contributed by atoms with Gasteiger partial charge in [0.15, 0.2) is 0 Å². The Labute approximate surface area is 109 Å². The van der Waals surface area contributed by atoms with Crippen molar-refractivity contribution in [2.45, 2.75) is 36.7 Å². The normalized spacial score (nSPS) is 22.4. The van der Waals surface area contributed by atoms with Gasteiger partial charge in [-0.15, -0.1) is 0 Å². The summed E-state index contributed by atoms with van der Waals surface area (Å²) >= 11 is 5.79. The van der Waals surface area contributed by atoms with Gasteiger partial charge in [-0.05, 0) is 30.5 Å². The van der Waals surface area contributed by atoms with Gasteiger partial charge in [0.05, 0.1) is 5.25 Å². The fourth-order valence-electron chi connectivity index (χ4n) is 2.07. The molecule has 92 valence electrons. The molecule has 0 saturated heterocycles. The van der Waals surface area contributed by atoms with E-state index < -0.39 is 10.8 Å². The minimum Gasteiger partial charge on any atom is -0.298 e. The number of benzene rings is 1. The molecule has 0 aliphatic heterocycles. The van der Waals surface area contributed by atoms with Gasteiger partial charge >= 0.3 is 0 Å². The summed E-state index contributed by atoms with van der Waals surface area (Å²) in [5.41, 5.74) is 0.978. The maximum atomic E-state index is 12.1. The molecular weight excluding hydrogens is 256 g/mol. The van der Waals surface area contributed by atoms with Gasteiger partial charge in [-0.1, -0.05) is 30.2 Å². The third kappa shape index (κ3) is 3.39. The molecule has 0 radical (unpaired) electrons. The van der Waals surface area contributed by atoms with Gasteiger partial charge in [0.2, 0.25) is 0 Å². The van der Waals surface area contributed by atoms with Gasteiger partial charge in [-0.2, -0.15) is 0 Å². The molecule has 2 atom stereocenters. The van der Waals surface area contributed by atoms with Crippen LogP contribution in [0.1, 0.15) is 31.2 Å². The second kappa shape index (κ2) is 5.78. The molecular formula is C13H15ClO2S. The largest absolute Gasteiger partial charge is 0.298 e. The predicted octanol–water partition coefficient (Wildman–Crippen LogP) is 3.10. The SMILES string of the molecule is O=C1CCCCC1S(=O)Cc1ccc(Cl)cc1. The van der Waals surface area contributed by atoms with Gasteiger partial charge in [-0.25, -0.2) is 0 Å². The minimum atomic E-state index is -1.09. The Morgan fingerprint density at radius 2 is 1.94 bits per heavy atom. The molecule has 0 N–H and O–H groups in total. The highest BCUT2D eigenvalue weighted by atomic mass is 35.5. The van der Waals surface area contributed by atoms with Crippen LogP contribution in [0.4, 0.5) is 0 Å². The van der Waals surface area contributed by atoms with Crippen molar-refractivity contribution < 1.29 is 9.00 Å². The van der Waals surface area contributed by atoms with E-state index in [0.29, 0.717) is 17.2 Å². The lowest BCUT2D eigenvalue weighted by Gasteiger charge is -2.19. The van der Waals surface area contributed by atoms with E-state index in [-0.39, 0.29) is 11.0 Å². The topological polar surface area (TPSA) is 34.1 Å². The molecule has 1 fully saturated rings. The zero-order valence-electron chi connectivity index (χ0n) is 9.52. The smallest absolute Gasteiger partial charge is 0.148 e. The number of halogens is 1. The van der Waals surface area contributed by atoms with Crippen LogP contribution >= 0.6 is 11.6 Å². The van der Waals surface area contributed by atoms with Crippen molar-refractivity contribution >= 4 is 28.2 Å². The Balaban J connectivity index is 2.00. The van der Waals surface area contributed by atoms with Crippen molar-refractivity contribution in [2.75, 3.05) is 0 Å². The van der Waals surface area contributed by atoms with Crippen molar-refractivity contribution in [3.05, 3.63) is 34.9 Å². The van der Waals surface area contributed by atoms with Crippen LogP contribution < -0.4 is 0 Å². The first-order chi connectivity index (χ1) is 8.16. The molecule has 0 amide bonds. The van der Waals surface area contributed by atoms with E-state index >= 15 is 0 Å².